The molecule has 92 valence electrons. The van der Waals surface area contributed by atoms with Crippen LogP contribution in [0.25, 0.3) is 0 Å². The molecule has 0 aromatic carbocycles. The summed E-state index contributed by atoms with van der Waals surface area (Å²) in [5.41, 5.74) is -0.119. The lowest BCUT2D eigenvalue weighted by atomic mass is 9.96. The summed E-state index contributed by atoms with van der Waals surface area (Å²) < 4.78 is 1.15. The number of rotatable bonds is 8. The van der Waals surface area contributed by atoms with Crippen LogP contribution in [0.2, 0.25) is 0 Å². The third-order valence-electron chi connectivity index (χ3n) is 2.71. The first-order chi connectivity index (χ1) is 7.70. The van der Waals surface area contributed by atoms with Crippen LogP contribution < -0.4 is 5.32 Å². The third kappa shape index (κ3) is 4.82. The average Bonchev–Trinajstić information content (AvgIpc) is 2.81. The number of unbranched alkanes of at least 4 members (excludes halogenated alkanes) is 1. The fourth-order valence-corrected chi connectivity index (χ4v) is 3.05. The van der Waals surface area contributed by atoms with Crippen LogP contribution in [0.3, 0.4) is 0 Å². The van der Waals surface area contributed by atoms with Gasteiger partial charge in [-0.3, -0.25) is 0 Å². The van der Waals surface area contributed by atoms with Crippen molar-refractivity contribution in [2.24, 2.45) is 0 Å². The molecule has 1 aromatic rings. The molecule has 0 bridgehead atoms. The Bertz CT molecular complexity index is 274. The highest BCUT2D eigenvalue weighted by Crippen LogP contribution is 2.22. The van der Waals surface area contributed by atoms with E-state index in [0.29, 0.717) is 0 Å². The Kier molecular flexibility index (Phi) is 6.34. The van der Waals surface area contributed by atoms with E-state index >= 15 is 0 Å². The molecule has 0 saturated heterocycles. The number of thioether (sulfide) groups is 1. The molecule has 1 unspecified atom stereocenters. The number of likely N-dealkylation sites (N-methyl/N-ethyl adjacent to an activating group) is 1. The van der Waals surface area contributed by atoms with Crippen molar-refractivity contribution in [2.45, 2.75) is 36.1 Å². The summed E-state index contributed by atoms with van der Waals surface area (Å²) >= 11 is 3.51. The van der Waals surface area contributed by atoms with E-state index in [1.165, 1.54) is 6.42 Å². The lowest BCUT2D eigenvalue weighted by Crippen LogP contribution is -2.43. The lowest BCUT2D eigenvalue weighted by molar-refractivity contribution is 0.171. The summed E-state index contributed by atoms with van der Waals surface area (Å²) in [5.74, 6) is 1.11. The molecule has 1 rings (SSSR count). The highest BCUT2D eigenvalue weighted by Gasteiger charge is 2.19. The van der Waals surface area contributed by atoms with Gasteiger partial charge in [-0.2, -0.15) is 0 Å². The van der Waals surface area contributed by atoms with Crippen molar-refractivity contribution >= 4 is 23.1 Å². The predicted octanol–water partition coefficient (Wildman–Crippen LogP) is 2.38. The van der Waals surface area contributed by atoms with Gasteiger partial charge in [0.1, 0.15) is 4.34 Å². The first-order valence-corrected chi connectivity index (χ1v) is 7.39. The van der Waals surface area contributed by atoms with Gasteiger partial charge in [0.05, 0.1) is 6.61 Å². The number of thiazole rings is 1. The maximum atomic E-state index is 9.22. The number of aliphatic hydroxyl groups is 1. The zero-order chi connectivity index (χ0) is 11.9. The van der Waals surface area contributed by atoms with Crippen molar-refractivity contribution < 1.29 is 5.11 Å². The molecule has 1 aromatic heterocycles. The fourth-order valence-electron chi connectivity index (χ4n) is 1.34. The molecule has 2 N–H and O–H groups in total. The Balaban J connectivity index is 2.08. The van der Waals surface area contributed by atoms with Gasteiger partial charge in [0, 0.05) is 22.9 Å². The smallest absolute Gasteiger partial charge is 0.149 e. The number of hydrogen-bond acceptors (Lipinski definition) is 5. The van der Waals surface area contributed by atoms with Crippen molar-refractivity contribution in [1.29, 1.82) is 0 Å². The first kappa shape index (κ1) is 14.0. The van der Waals surface area contributed by atoms with Gasteiger partial charge in [-0.15, -0.1) is 11.3 Å². The molecule has 1 atom stereocenters. The molecule has 1 heterocycles. The van der Waals surface area contributed by atoms with Crippen molar-refractivity contribution in [1.82, 2.24) is 10.3 Å². The average molecular weight is 260 g/mol. The maximum absolute atomic E-state index is 9.22. The van der Waals surface area contributed by atoms with Crippen LogP contribution in [0.1, 0.15) is 26.2 Å². The second-order valence-electron chi connectivity index (χ2n) is 4.07. The third-order valence-corrected chi connectivity index (χ3v) is 4.76. The Morgan fingerprint density at radius 3 is 2.94 bits per heavy atom. The molecule has 16 heavy (non-hydrogen) atoms. The number of hydrogen-bond donors (Lipinski definition) is 2. The quantitative estimate of drug-likeness (QED) is 0.556. The van der Waals surface area contributed by atoms with Crippen LogP contribution in [0.5, 0.6) is 0 Å². The van der Waals surface area contributed by atoms with Crippen LogP contribution in [0, 0.1) is 0 Å². The highest BCUT2D eigenvalue weighted by atomic mass is 32.2. The molecule has 0 aliphatic rings. The van der Waals surface area contributed by atoms with E-state index in [2.05, 4.69) is 17.2 Å². The van der Waals surface area contributed by atoms with Gasteiger partial charge in [0.25, 0.3) is 0 Å². The van der Waals surface area contributed by atoms with Crippen LogP contribution in [0.4, 0.5) is 0 Å². The number of nitrogens with one attached hydrogen (secondary N) is 1. The van der Waals surface area contributed by atoms with Crippen LogP contribution in [-0.2, 0) is 0 Å². The van der Waals surface area contributed by atoms with E-state index in [0.717, 1.165) is 22.9 Å². The minimum Gasteiger partial charge on any atom is -0.394 e. The molecule has 5 heteroatoms. The molecular formula is C11H20N2OS2. The Morgan fingerprint density at radius 1 is 1.56 bits per heavy atom. The second kappa shape index (κ2) is 7.27. The van der Waals surface area contributed by atoms with Crippen LogP contribution in [0.15, 0.2) is 15.9 Å². The molecule has 0 aliphatic heterocycles. The van der Waals surface area contributed by atoms with Crippen LogP contribution >= 0.6 is 23.1 Å². The Morgan fingerprint density at radius 2 is 2.38 bits per heavy atom. The van der Waals surface area contributed by atoms with E-state index < -0.39 is 0 Å². The second-order valence-corrected chi connectivity index (χ2v) is 6.31. The summed E-state index contributed by atoms with van der Waals surface area (Å²) in [7, 11) is 1.90. The summed E-state index contributed by atoms with van der Waals surface area (Å²) in [6.07, 6.45) is 5.16. The summed E-state index contributed by atoms with van der Waals surface area (Å²) in [6.45, 7) is 2.25. The van der Waals surface area contributed by atoms with E-state index in [4.69, 9.17) is 0 Å². The maximum Gasteiger partial charge on any atom is 0.149 e. The summed E-state index contributed by atoms with van der Waals surface area (Å²) in [5, 5.41) is 14.4. The van der Waals surface area contributed by atoms with Gasteiger partial charge in [0.15, 0.2) is 0 Å². The predicted molar refractivity (Wildman–Crippen MR) is 71.2 cm³/mol. The summed E-state index contributed by atoms with van der Waals surface area (Å²) in [4.78, 5) is 4.22. The summed E-state index contributed by atoms with van der Waals surface area (Å²) in [6, 6.07) is 0. The minimum atomic E-state index is -0.119. The normalized spacial score (nSPS) is 14.9. The molecule has 3 nitrogen and oxygen atoms in total. The van der Waals surface area contributed by atoms with Crippen molar-refractivity contribution in [3.8, 4) is 0 Å². The Labute approximate surface area is 106 Å². The fraction of sp³-hybridized carbons (Fsp3) is 0.727. The van der Waals surface area contributed by atoms with E-state index in [1.807, 2.05) is 30.4 Å². The van der Waals surface area contributed by atoms with Crippen molar-refractivity contribution in [3.63, 3.8) is 0 Å². The SMILES string of the molecule is CNC(C)(CO)CCCCSc1nccs1. The molecular weight excluding hydrogens is 240 g/mol. The van der Waals surface area contributed by atoms with Gasteiger partial charge >= 0.3 is 0 Å². The first-order valence-electron chi connectivity index (χ1n) is 5.52. The number of aliphatic hydroxyl groups excluding tert-OH is 1. The van der Waals surface area contributed by atoms with Gasteiger partial charge < -0.3 is 10.4 Å². The number of nitrogens with zero attached hydrogens (tertiary/aromatic N) is 1. The molecule has 0 spiro atoms. The molecule has 0 aliphatic carbocycles. The minimum absolute atomic E-state index is 0.119. The zero-order valence-corrected chi connectivity index (χ0v) is 11.5. The van der Waals surface area contributed by atoms with Gasteiger partial charge in [-0.05, 0) is 26.8 Å². The lowest BCUT2D eigenvalue weighted by Gasteiger charge is -2.26. The van der Waals surface area contributed by atoms with E-state index in [1.54, 1.807) is 11.3 Å². The largest absolute Gasteiger partial charge is 0.394 e. The highest BCUT2D eigenvalue weighted by molar-refractivity contribution is 8.00. The van der Waals surface area contributed by atoms with E-state index in [9.17, 15) is 5.11 Å². The van der Waals surface area contributed by atoms with Gasteiger partial charge in [-0.25, -0.2) is 4.98 Å². The number of aromatic nitrogens is 1. The van der Waals surface area contributed by atoms with Gasteiger partial charge in [-0.1, -0.05) is 18.2 Å². The van der Waals surface area contributed by atoms with Crippen molar-refractivity contribution in [3.05, 3.63) is 11.6 Å². The monoisotopic (exact) mass is 260 g/mol. The molecule has 0 fully saturated rings. The zero-order valence-electron chi connectivity index (χ0n) is 9.90. The Hall–Kier alpha value is -0.100. The topological polar surface area (TPSA) is 45.1 Å². The molecule has 0 saturated carbocycles. The van der Waals surface area contributed by atoms with E-state index in [-0.39, 0.29) is 12.1 Å². The molecule has 0 amide bonds. The van der Waals surface area contributed by atoms with Crippen molar-refractivity contribution in [2.75, 3.05) is 19.4 Å². The van der Waals surface area contributed by atoms with Gasteiger partial charge in [0.2, 0.25) is 0 Å². The van der Waals surface area contributed by atoms with Crippen LogP contribution in [-0.4, -0.2) is 35.0 Å². The molecule has 0 radical (unpaired) electrons. The standard InChI is InChI=1S/C11H20N2OS2/c1-11(9-14,12-2)5-3-4-7-15-10-13-6-8-16-10/h6,8,12,14H,3-5,7,9H2,1-2H3.